The zero-order valence-electron chi connectivity index (χ0n) is 20.3. The van der Waals surface area contributed by atoms with Crippen LogP contribution in [0.1, 0.15) is 23.7 Å². The Morgan fingerprint density at radius 1 is 1.18 bits per heavy atom. The van der Waals surface area contributed by atoms with E-state index >= 15 is 0 Å². The van der Waals surface area contributed by atoms with Crippen molar-refractivity contribution in [1.82, 2.24) is 14.9 Å². The number of para-hydroxylation sites is 1. The number of aliphatic hydroxyl groups is 1. The summed E-state index contributed by atoms with van der Waals surface area (Å²) < 4.78 is 5.85. The van der Waals surface area contributed by atoms with Crippen LogP contribution < -0.4 is 15.0 Å². The number of rotatable bonds is 4. The molecular formula is C27H24ClN5O5. The Morgan fingerprint density at radius 3 is 2.68 bits per heavy atom. The third kappa shape index (κ3) is 3.80. The molecule has 10 nitrogen and oxygen atoms in total. The monoisotopic (exact) mass is 533 g/mol. The number of likely N-dealkylation sites (N-methyl/N-ethyl adjacent to an activating group) is 1. The molecule has 2 aliphatic heterocycles. The Bertz CT molecular complexity index is 1580. The third-order valence-electron chi connectivity index (χ3n) is 7.23. The van der Waals surface area contributed by atoms with E-state index in [1.807, 2.05) is 30.3 Å². The first-order valence-corrected chi connectivity index (χ1v) is 12.4. The minimum absolute atomic E-state index is 0.0196. The fourth-order valence-electron chi connectivity index (χ4n) is 5.26. The van der Waals surface area contributed by atoms with Gasteiger partial charge in [-0.1, -0.05) is 35.9 Å². The lowest BCUT2D eigenvalue weighted by Crippen LogP contribution is -2.58. The molecule has 1 fully saturated rings. The molecule has 194 valence electrons. The highest BCUT2D eigenvalue weighted by Crippen LogP contribution is 2.45. The molecule has 0 saturated carbocycles. The average Bonchev–Trinajstić information content (AvgIpc) is 3.54. The lowest BCUT2D eigenvalue weighted by Gasteiger charge is -2.40. The summed E-state index contributed by atoms with van der Waals surface area (Å²) in [6.45, 7) is 0.257. The zero-order valence-corrected chi connectivity index (χ0v) is 21.1. The number of aromatic amines is 1. The number of likely N-dealkylation sites (tertiary alicyclic amines) is 1. The molecule has 2 aromatic carbocycles. The minimum Gasteiger partial charge on any atom is -0.465 e. The number of amides is 2. The first-order valence-electron chi connectivity index (χ1n) is 12.0. The van der Waals surface area contributed by atoms with E-state index in [-0.39, 0.29) is 19.0 Å². The van der Waals surface area contributed by atoms with Gasteiger partial charge in [-0.2, -0.15) is 0 Å². The second kappa shape index (κ2) is 8.93. The smallest absolute Gasteiger partial charge is 0.407 e. The molecule has 11 heteroatoms. The molecule has 6 rings (SSSR count). The van der Waals surface area contributed by atoms with Gasteiger partial charge in [0.2, 0.25) is 0 Å². The van der Waals surface area contributed by atoms with Crippen LogP contribution in [-0.2, 0) is 4.79 Å². The van der Waals surface area contributed by atoms with Gasteiger partial charge in [-0.3, -0.25) is 4.79 Å². The van der Waals surface area contributed by atoms with Crippen molar-refractivity contribution in [1.29, 1.82) is 0 Å². The highest BCUT2D eigenvalue weighted by Gasteiger charge is 2.51. The number of halogens is 1. The van der Waals surface area contributed by atoms with Gasteiger partial charge in [0.15, 0.2) is 0 Å². The number of fused-ring (bicyclic) bond motifs is 3. The van der Waals surface area contributed by atoms with Crippen LogP contribution in [0.2, 0.25) is 5.02 Å². The molecule has 2 unspecified atom stereocenters. The SMILES string of the molecule is CN1C(=O)C2(CCN(C(=O)O)C2)Nc2c1cnc1[nH]cc(C(O)c3ccc(Oc4ccccc4)cc3Cl)c21. The minimum atomic E-state index is -1.12. The van der Waals surface area contributed by atoms with Crippen LogP contribution >= 0.6 is 11.6 Å². The summed E-state index contributed by atoms with van der Waals surface area (Å²) in [6.07, 6.45) is 1.38. The number of hydrogen-bond donors (Lipinski definition) is 4. The molecule has 2 atom stereocenters. The Kier molecular flexibility index (Phi) is 5.66. The second-order valence-electron chi connectivity index (χ2n) is 9.51. The highest BCUT2D eigenvalue weighted by molar-refractivity contribution is 6.31. The standard InChI is InChI=1S/C27H24ClN5O5/c1-32-20-13-30-24-21(22(20)31-27(25(32)35)9-10-33(14-27)26(36)37)18(12-29-24)23(34)17-8-7-16(11-19(17)28)38-15-5-3-2-4-6-15/h2-8,11-13,23,31,34H,9-10,14H2,1H3,(H,29,30)(H,36,37). The fraction of sp³-hybridized carbons (Fsp3) is 0.222. The van der Waals surface area contributed by atoms with Crippen molar-refractivity contribution in [2.45, 2.75) is 18.1 Å². The van der Waals surface area contributed by atoms with Gasteiger partial charge in [0, 0.05) is 30.9 Å². The van der Waals surface area contributed by atoms with Crippen LogP contribution in [0, 0.1) is 0 Å². The number of nitrogens with one attached hydrogen (secondary N) is 2. The largest absolute Gasteiger partial charge is 0.465 e. The molecule has 2 amide bonds. The summed E-state index contributed by atoms with van der Waals surface area (Å²) in [6, 6.07) is 14.4. The Hall–Kier alpha value is -4.28. The number of aliphatic hydroxyl groups excluding tert-OH is 1. The molecule has 0 aliphatic carbocycles. The van der Waals surface area contributed by atoms with Crippen LogP contribution in [0.3, 0.4) is 0 Å². The molecule has 4 N–H and O–H groups in total. The van der Waals surface area contributed by atoms with E-state index in [1.165, 1.54) is 9.80 Å². The fourth-order valence-corrected chi connectivity index (χ4v) is 5.54. The molecule has 2 aliphatic rings. The second-order valence-corrected chi connectivity index (χ2v) is 9.92. The Balaban J connectivity index is 1.38. The molecule has 1 spiro atoms. The van der Waals surface area contributed by atoms with Gasteiger partial charge in [-0.25, -0.2) is 9.78 Å². The molecule has 1 saturated heterocycles. The van der Waals surface area contributed by atoms with Gasteiger partial charge in [0.1, 0.15) is 28.8 Å². The summed E-state index contributed by atoms with van der Waals surface area (Å²) in [5.74, 6) is 0.964. The molecule has 2 aromatic heterocycles. The van der Waals surface area contributed by atoms with E-state index in [9.17, 15) is 19.8 Å². The summed E-state index contributed by atoms with van der Waals surface area (Å²) in [4.78, 5) is 35.2. The van der Waals surface area contributed by atoms with Gasteiger partial charge in [-0.15, -0.1) is 0 Å². The number of carbonyl (C=O) groups excluding carboxylic acids is 1. The average molecular weight is 534 g/mol. The predicted molar refractivity (Wildman–Crippen MR) is 142 cm³/mol. The number of aromatic nitrogens is 2. The van der Waals surface area contributed by atoms with E-state index in [1.54, 1.807) is 37.6 Å². The summed E-state index contributed by atoms with van der Waals surface area (Å²) >= 11 is 6.59. The number of pyridine rings is 1. The topological polar surface area (TPSA) is 131 Å². The number of ether oxygens (including phenoxy) is 1. The summed E-state index contributed by atoms with van der Waals surface area (Å²) in [5, 5.41) is 25.2. The van der Waals surface area contributed by atoms with Crippen molar-refractivity contribution >= 4 is 46.0 Å². The maximum absolute atomic E-state index is 13.3. The van der Waals surface area contributed by atoms with Crippen LogP contribution in [0.5, 0.6) is 11.5 Å². The van der Waals surface area contributed by atoms with E-state index in [0.717, 1.165) is 0 Å². The Morgan fingerprint density at radius 2 is 1.97 bits per heavy atom. The molecule has 0 radical (unpaired) electrons. The van der Waals surface area contributed by atoms with Crippen molar-refractivity contribution < 1.29 is 24.5 Å². The lowest BCUT2D eigenvalue weighted by atomic mass is 9.91. The van der Waals surface area contributed by atoms with Crippen LogP contribution in [0.25, 0.3) is 11.0 Å². The van der Waals surface area contributed by atoms with E-state index < -0.39 is 17.7 Å². The molecule has 4 aromatic rings. The number of benzene rings is 2. The predicted octanol–water partition coefficient (Wildman–Crippen LogP) is 4.60. The third-order valence-corrected chi connectivity index (χ3v) is 7.56. The van der Waals surface area contributed by atoms with E-state index in [0.29, 0.717) is 56.5 Å². The maximum Gasteiger partial charge on any atom is 0.407 e. The first-order chi connectivity index (χ1) is 18.3. The number of carbonyl (C=O) groups is 2. The van der Waals surface area contributed by atoms with Crippen LogP contribution in [-0.4, -0.2) is 62.8 Å². The van der Waals surface area contributed by atoms with Gasteiger partial charge >= 0.3 is 6.09 Å². The molecule has 0 bridgehead atoms. The van der Waals surface area contributed by atoms with Gasteiger partial charge < -0.3 is 35.1 Å². The number of carboxylic acid groups (broad SMARTS) is 1. The number of hydrogen-bond acceptors (Lipinski definition) is 6. The summed E-state index contributed by atoms with van der Waals surface area (Å²) in [5.41, 5.74) is 1.52. The molecule has 38 heavy (non-hydrogen) atoms. The zero-order chi connectivity index (χ0) is 26.6. The Labute approximate surface area is 222 Å². The van der Waals surface area contributed by atoms with Gasteiger partial charge in [0.05, 0.1) is 34.5 Å². The van der Waals surface area contributed by atoms with Crippen molar-refractivity contribution in [3.8, 4) is 11.5 Å². The van der Waals surface area contributed by atoms with Crippen LogP contribution in [0.15, 0.2) is 60.9 Å². The van der Waals surface area contributed by atoms with Crippen molar-refractivity contribution in [2.24, 2.45) is 0 Å². The maximum atomic E-state index is 13.3. The van der Waals surface area contributed by atoms with E-state index in [4.69, 9.17) is 16.3 Å². The van der Waals surface area contributed by atoms with Crippen molar-refractivity contribution in [3.63, 3.8) is 0 Å². The molecule has 4 heterocycles. The van der Waals surface area contributed by atoms with Crippen LogP contribution in [0.4, 0.5) is 16.2 Å². The molecular weight excluding hydrogens is 510 g/mol. The van der Waals surface area contributed by atoms with Crippen molar-refractivity contribution in [2.75, 3.05) is 30.4 Å². The van der Waals surface area contributed by atoms with Crippen molar-refractivity contribution in [3.05, 3.63) is 77.1 Å². The number of H-pyrrole nitrogens is 1. The van der Waals surface area contributed by atoms with Gasteiger partial charge in [0.25, 0.3) is 5.91 Å². The van der Waals surface area contributed by atoms with Gasteiger partial charge in [-0.05, 0) is 30.7 Å². The van der Waals surface area contributed by atoms with E-state index in [2.05, 4.69) is 15.3 Å². The quantitative estimate of drug-likeness (QED) is 0.301. The lowest BCUT2D eigenvalue weighted by molar-refractivity contribution is -0.122. The highest BCUT2D eigenvalue weighted by atomic mass is 35.5. The number of nitrogens with zero attached hydrogens (tertiary/aromatic N) is 3. The number of anilines is 2. The normalized spacial score (nSPS) is 19.5. The summed E-state index contributed by atoms with van der Waals surface area (Å²) in [7, 11) is 1.64. The first kappa shape index (κ1) is 24.1.